The summed E-state index contributed by atoms with van der Waals surface area (Å²) in [5, 5.41) is 33.3. The molecule has 1 saturated heterocycles. The third-order valence-corrected chi connectivity index (χ3v) is 3.96. The maximum Gasteiger partial charge on any atom is 0.220 e. The Morgan fingerprint density at radius 1 is 1.37 bits per heavy atom. The average Bonchev–Trinajstić information content (AvgIpc) is 2.46. The number of nitrogens with one attached hydrogen (secondary N) is 2. The van der Waals surface area contributed by atoms with Crippen LogP contribution in [0.1, 0.15) is 26.2 Å². The number of carbonyl (C=O) groups excluding carboxylic acids is 1. The predicted octanol–water partition coefficient (Wildman–Crippen LogP) is -1.16. The Morgan fingerprint density at radius 2 is 2.00 bits per heavy atom. The van der Waals surface area contributed by atoms with Crippen molar-refractivity contribution in [2.24, 2.45) is 11.8 Å². The number of piperidine rings is 1. The fourth-order valence-corrected chi connectivity index (χ4v) is 2.44. The maximum atomic E-state index is 11.9. The van der Waals surface area contributed by atoms with Crippen molar-refractivity contribution in [3.63, 3.8) is 0 Å². The standard InChI is InChI=1S/C13H26N2O4/c1-10(11-3-2-4-14-6-11)5-12(19)15-13(7-16,8-17)9-18/h10-11,14,16-18H,2-9H2,1H3,(H,15,19). The number of aliphatic hydroxyl groups is 3. The van der Waals surface area contributed by atoms with Gasteiger partial charge >= 0.3 is 0 Å². The SMILES string of the molecule is CC(CC(=O)NC(CO)(CO)CO)C1CCCNC1. The molecule has 1 rings (SSSR count). The zero-order chi connectivity index (χ0) is 14.3. The molecule has 112 valence electrons. The minimum atomic E-state index is -1.32. The third kappa shape index (κ3) is 4.72. The molecule has 6 heteroatoms. The largest absolute Gasteiger partial charge is 0.394 e. The summed E-state index contributed by atoms with van der Waals surface area (Å²) in [6.45, 7) is 2.56. The number of hydrogen-bond acceptors (Lipinski definition) is 5. The Balaban J connectivity index is 2.44. The lowest BCUT2D eigenvalue weighted by Crippen LogP contribution is -2.57. The van der Waals surface area contributed by atoms with Gasteiger partial charge in [0.25, 0.3) is 0 Å². The Kier molecular flexibility index (Phi) is 6.71. The molecule has 0 aliphatic carbocycles. The second-order valence-electron chi connectivity index (χ2n) is 5.59. The van der Waals surface area contributed by atoms with Crippen molar-refractivity contribution in [1.29, 1.82) is 0 Å². The molecule has 0 aromatic carbocycles. The monoisotopic (exact) mass is 274 g/mol. The van der Waals surface area contributed by atoms with E-state index in [1.807, 2.05) is 6.92 Å². The molecule has 2 unspecified atom stereocenters. The normalized spacial score (nSPS) is 22.0. The van der Waals surface area contributed by atoms with Crippen molar-refractivity contribution in [3.8, 4) is 0 Å². The fraction of sp³-hybridized carbons (Fsp3) is 0.923. The molecular formula is C13H26N2O4. The lowest BCUT2D eigenvalue weighted by Gasteiger charge is -2.31. The summed E-state index contributed by atoms with van der Waals surface area (Å²) >= 11 is 0. The van der Waals surface area contributed by atoms with Gasteiger partial charge in [-0.1, -0.05) is 6.92 Å². The molecule has 6 nitrogen and oxygen atoms in total. The molecule has 0 aromatic rings. The lowest BCUT2D eigenvalue weighted by molar-refractivity contribution is -0.126. The Hall–Kier alpha value is -0.690. The van der Waals surface area contributed by atoms with E-state index in [0.717, 1.165) is 25.9 Å². The van der Waals surface area contributed by atoms with Crippen LogP contribution in [0.4, 0.5) is 0 Å². The molecule has 0 aromatic heterocycles. The minimum absolute atomic E-state index is 0.238. The zero-order valence-corrected chi connectivity index (χ0v) is 11.6. The molecule has 1 fully saturated rings. The van der Waals surface area contributed by atoms with E-state index in [1.54, 1.807) is 0 Å². The van der Waals surface area contributed by atoms with Gasteiger partial charge in [0, 0.05) is 6.42 Å². The van der Waals surface area contributed by atoms with Crippen molar-refractivity contribution >= 4 is 5.91 Å². The van der Waals surface area contributed by atoms with Crippen LogP contribution in [0.2, 0.25) is 0 Å². The van der Waals surface area contributed by atoms with E-state index < -0.39 is 25.4 Å². The summed E-state index contributed by atoms with van der Waals surface area (Å²) in [5.41, 5.74) is -1.32. The van der Waals surface area contributed by atoms with E-state index in [9.17, 15) is 4.79 Å². The Bertz CT molecular complexity index is 268. The lowest BCUT2D eigenvalue weighted by atomic mass is 9.85. The van der Waals surface area contributed by atoms with Crippen LogP contribution in [0, 0.1) is 11.8 Å². The quantitative estimate of drug-likeness (QED) is 0.403. The van der Waals surface area contributed by atoms with Crippen molar-refractivity contribution in [3.05, 3.63) is 0 Å². The van der Waals surface area contributed by atoms with Crippen LogP contribution in [0.5, 0.6) is 0 Å². The molecule has 19 heavy (non-hydrogen) atoms. The minimum Gasteiger partial charge on any atom is -0.394 e. The van der Waals surface area contributed by atoms with Gasteiger partial charge in [0.15, 0.2) is 0 Å². The van der Waals surface area contributed by atoms with Crippen molar-refractivity contribution in [2.45, 2.75) is 31.7 Å². The highest BCUT2D eigenvalue weighted by atomic mass is 16.3. The summed E-state index contributed by atoms with van der Waals surface area (Å²) in [7, 11) is 0. The summed E-state index contributed by atoms with van der Waals surface area (Å²) in [5.74, 6) is 0.475. The molecule has 0 saturated carbocycles. The second-order valence-corrected chi connectivity index (χ2v) is 5.59. The number of carbonyl (C=O) groups is 1. The highest BCUT2D eigenvalue weighted by Crippen LogP contribution is 2.22. The van der Waals surface area contributed by atoms with Crippen molar-refractivity contribution < 1.29 is 20.1 Å². The van der Waals surface area contributed by atoms with Crippen LogP contribution in [-0.4, -0.2) is 59.7 Å². The highest BCUT2D eigenvalue weighted by Gasteiger charge is 2.31. The second kappa shape index (κ2) is 7.79. The Labute approximate surface area is 114 Å². The first-order valence-corrected chi connectivity index (χ1v) is 6.91. The topological polar surface area (TPSA) is 102 Å². The number of rotatable bonds is 7. The molecule has 5 N–H and O–H groups in total. The molecule has 1 aliphatic rings. The van der Waals surface area contributed by atoms with Crippen LogP contribution >= 0.6 is 0 Å². The first kappa shape index (κ1) is 16.4. The van der Waals surface area contributed by atoms with Crippen LogP contribution in [0.3, 0.4) is 0 Å². The molecule has 0 bridgehead atoms. The summed E-state index contributed by atoms with van der Waals surface area (Å²) in [6, 6.07) is 0. The first-order valence-electron chi connectivity index (χ1n) is 6.91. The smallest absolute Gasteiger partial charge is 0.220 e. The number of aliphatic hydroxyl groups excluding tert-OH is 3. The van der Waals surface area contributed by atoms with Gasteiger partial charge in [-0.05, 0) is 37.8 Å². The van der Waals surface area contributed by atoms with Gasteiger partial charge < -0.3 is 26.0 Å². The highest BCUT2D eigenvalue weighted by molar-refractivity contribution is 5.77. The first-order chi connectivity index (χ1) is 9.06. The van der Waals surface area contributed by atoms with Crippen LogP contribution in [0.25, 0.3) is 0 Å². The van der Waals surface area contributed by atoms with Gasteiger partial charge in [0.1, 0.15) is 5.54 Å². The molecule has 1 aliphatic heterocycles. The number of hydrogen-bond donors (Lipinski definition) is 5. The van der Waals surface area contributed by atoms with Gasteiger partial charge in [0.05, 0.1) is 19.8 Å². The van der Waals surface area contributed by atoms with Gasteiger partial charge in [-0.2, -0.15) is 0 Å². The van der Waals surface area contributed by atoms with Gasteiger partial charge in [-0.25, -0.2) is 0 Å². The van der Waals surface area contributed by atoms with Crippen molar-refractivity contribution in [1.82, 2.24) is 10.6 Å². The van der Waals surface area contributed by atoms with Crippen LogP contribution < -0.4 is 10.6 Å². The average molecular weight is 274 g/mol. The summed E-state index contributed by atoms with van der Waals surface area (Å²) in [6.07, 6.45) is 2.59. The van der Waals surface area contributed by atoms with E-state index in [0.29, 0.717) is 12.3 Å². The van der Waals surface area contributed by atoms with Crippen LogP contribution in [-0.2, 0) is 4.79 Å². The molecule has 1 heterocycles. The fourth-order valence-electron chi connectivity index (χ4n) is 2.44. The van der Waals surface area contributed by atoms with Gasteiger partial charge in [0.2, 0.25) is 5.91 Å². The molecule has 0 spiro atoms. The van der Waals surface area contributed by atoms with Gasteiger partial charge in [-0.3, -0.25) is 4.79 Å². The molecule has 1 amide bonds. The number of amides is 1. The zero-order valence-electron chi connectivity index (χ0n) is 11.6. The summed E-state index contributed by atoms with van der Waals surface area (Å²) < 4.78 is 0. The summed E-state index contributed by atoms with van der Waals surface area (Å²) in [4.78, 5) is 11.9. The van der Waals surface area contributed by atoms with Gasteiger partial charge in [-0.15, -0.1) is 0 Å². The Morgan fingerprint density at radius 3 is 2.47 bits per heavy atom. The van der Waals surface area contributed by atoms with Crippen LogP contribution in [0.15, 0.2) is 0 Å². The van der Waals surface area contributed by atoms with E-state index in [1.165, 1.54) is 0 Å². The predicted molar refractivity (Wildman–Crippen MR) is 71.5 cm³/mol. The van der Waals surface area contributed by atoms with E-state index in [2.05, 4.69) is 10.6 Å². The van der Waals surface area contributed by atoms with E-state index in [-0.39, 0.29) is 11.8 Å². The van der Waals surface area contributed by atoms with E-state index >= 15 is 0 Å². The van der Waals surface area contributed by atoms with Crippen molar-refractivity contribution in [2.75, 3.05) is 32.9 Å². The molecule has 2 atom stereocenters. The third-order valence-electron chi connectivity index (χ3n) is 3.96. The maximum absolute atomic E-state index is 11.9. The molecular weight excluding hydrogens is 248 g/mol. The molecule has 0 radical (unpaired) electrons. The van der Waals surface area contributed by atoms with E-state index in [4.69, 9.17) is 15.3 Å².